The van der Waals surface area contributed by atoms with Gasteiger partial charge >= 0.3 is 12.1 Å². The lowest BCUT2D eigenvalue weighted by Gasteiger charge is -2.53. The van der Waals surface area contributed by atoms with Gasteiger partial charge in [0.2, 0.25) is 0 Å². The molecule has 2 saturated carbocycles. The molecule has 41 heavy (non-hydrogen) atoms. The van der Waals surface area contributed by atoms with Crippen LogP contribution in [-0.2, 0) is 6.42 Å². The molecule has 0 aliphatic heterocycles. The molecule has 232 valence electrons. The van der Waals surface area contributed by atoms with Gasteiger partial charge in [0, 0.05) is 6.42 Å². The lowest BCUT2D eigenvalue weighted by atomic mass is 9.52. The van der Waals surface area contributed by atoms with Crippen LogP contribution in [0.25, 0.3) is 0 Å². The van der Waals surface area contributed by atoms with Crippen molar-refractivity contribution in [3.8, 4) is 5.75 Å². The first kappa shape index (κ1) is 32.6. The van der Waals surface area contributed by atoms with E-state index < -0.39 is 18.5 Å². The predicted octanol–water partition coefficient (Wildman–Crippen LogP) is 9.75. The molecule has 1 N–H and O–H groups in total. The second-order valence-corrected chi connectivity index (χ2v) is 14.0. The van der Waals surface area contributed by atoms with Crippen molar-refractivity contribution in [2.45, 2.75) is 115 Å². The monoisotopic (exact) mass is 602 g/mol. The Bertz CT molecular complexity index is 1010. The number of thioether (sulfide) groups is 1. The molecule has 0 bridgehead atoms. The van der Waals surface area contributed by atoms with Crippen molar-refractivity contribution in [1.29, 1.82) is 0 Å². The third-order valence-corrected chi connectivity index (χ3v) is 11.4. The topological polar surface area (TPSA) is 29.5 Å². The maximum atomic E-state index is 12.9. The van der Waals surface area contributed by atoms with Gasteiger partial charge < -0.3 is 9.84 Å². The quantitative estimate of drug-likeness (QED) is 0.131. The van der Waals surface area contributed by atoms with Crippen LogP contribution in [0.15, 0.2) is 30.4 Å². The van der Waals surface area contributed by atoms with E-state index in [1.165, 1.54) is 22.9 Å². The summed E-state index contributed by atoms with van der Waals surface area (Å²) in [6.07, 6.45) is 9.47. The highest BCUT2D eigenvalue weighted by atomic mass is 32.2. The summed E-state index contributed by atoms with van der Waals surface area (Å²) in [4.78, 5) is 0. The first-order valence-corrected chi connectivity index (χ1v) is 16.7. The van der Waals surface area contributed by atoms with E-state index in [2.05, 4.69) is 37.3 Å². The Balaban J connectivity index is 1.19. The van der Waals surface area contributed by atoms with Gasteiger partial charge in [0.05, 0.1) is 13.2 Å². The SMILES string of the molecule is COc1ccc2c(c1)C[C@@H](CC=CCCCCCCSCCCC(F)(F)C(F)(F)F)C1C2CC[C@]2(C)C(O)CCC12. The molecule has 0 spiro atoms. The summed E-state index contributed by atoms with van der Waals surface area (Å²) in [6.45, 7) is 2.33. The number of rotatable bonds is 14. The van der Waals surface area contributed by atoms with Crippen molar-refractivity contribution in [3.05, 3.63) is 41.5 Å². The minimum atomic E-state index is -5.44. The molecule has 1 aromatic rings. The van der Waals surface area contributed by atoms with Gasteiger partial charge in [-0.25, -0.2) is 0 Å². The Morgan fingerprint density at radius 2 is 1.76 bits per heavy atom. The number of allylic oxidation sites excluding steroid dienone is 2. The van der Waals surface area contributed by atoms with Crippen molar-refractivity contribution < 1.29 is 31.8 Å². The van der Waals surface area contributed by atoms with Gasteiger partial charge in [-0.1, -0.05) is 38.0 Å². The van der Waals surface area contributed by atoms with Crippen LogP contribution in [-0.4, -0.2) is 41.9 Å². The highest BCUT2D eigenvalue weighted by molar-refractivity contribution is 7.99. The van der Waals surface area contributed by atoms with E-state index in [-0.39, 0.29) is 17.9 Å². The van der Waals surface area contributed by atoms with Gasteiger partial charge in [0.15, 0.2) is 0 Å². The van der Waals surface area contributed by atoms with E-state index in [0.717, 1.165) is 82.1 Å². The van der Waals surface area contributed by atoms with Crippen LogP contribution in [0.2, 0.25) is 0 Å². The molecule has 4 unspecified atom stereocenters. The number of fused-ring (bicyclic) bond motifs is 5. The average Bonchev–Trinajstić information content (AvgIpc) is 3.23. The van der Waals surface area contributed by atoms with Crippen molar-refractivity contribution >= 4 is 11.8 Å². The zero-order chi connectivity index (χ0) is 29.7. The molecule has 2 fully saturated rings. The van der Waals surface area contributed by atoms with Gasteiger partial charge in [0.1, 0.15) is 5.75 Å². The number of halogens is 5. The molecule has 3 aliphatic carbocycles. The Labute approximate surface area is 246 Å². The van der Waals surface area contributed by atoms with Gasteiger partial charge in [-0.05, 0) is 128 Å². The summed E-state index contributed by atoms with van der Waals surface area (Å²) < 4.78 is 68.0. The van der Waals surface area contributed by atoms with Crippen LogP contribution in [0.4, 0.5) is 22.0 Å². The minimum absolute atomic E-state index is 0.0412. The summed E-state index contributed by atoms with van der Waals surface area (Å²) >= 11 is 1.47. The zero-order valence-electron chi connectivity index (χ0n) is 24.5. The highest BCUT2D eigenvalue weighted by Crippen LogP contribution is 2.62. The molecule has 6 atom stereocenters. The van der Waals surface area contributed by atoms with Crippen LogP contribution in [0.1, 0.15) is 101 Å². The van der Waals surface area contributed by atoms with Crippen LogP contribution < -0.4 is 4.74 Å². The smallest absolute Gasteiger partial charge is 0.453 e. The van der Waals surface area contributed by atoms with Gasteiger partial charge in [-0.2, -0.15) is 33.7 Å². The Morgan fingerprint density at radius 1 is 1.00 bits per heavy atom. The molecule has 3 aliphatic rings. The van der Waals surface area contributed by atoms with E-state index in [9.17, 15) is 27.1 Å². The summed E-state index contributed by atoms with van der Waals surface area (Å²) in [7, 11) is 1.73. The Morgan fingerprint density at radius 3 is 2.51 bits per heavy atom. The first-order chi connectivity index (χ1) is 19.5. The van der Waals surface area contributed by atoms with Crippen molar-refractivity contribution in [2.24, 2.45) is 23.2 Å². The van der Waals surface area contributed by atoms with Crippen LogP contribution in [0.5, 0.6) is 5.75 Å². The Kier molecular flexibility index (Phi) is 11.1. The fourth-order valence-corrected chi connectivity index (χ4v) is 8.90. The molecule has 1 aromatic carbocycles. The standard InChI is InChI=1S/C33H47F5O2S/c1-31-18-16-27-26-13-12-25(40-2)22-24(26)21-23(30(27)28(31)14-15-29(31)39)11-8-6-4-3-5-7-9-19-41-20-10-17-32(34,35)33(36,37)38/h6,8,12-13,22-23,27-30,39H,3-5,7,9-11,14-21H2,1-2H3/t23-,27?,28?,29?,30?,31+/m1/s1. The van der Waals surface area contributed by atoms with Crippen LogP contribution in [0.3, 0.4) is 0 Å². The summed E-state index contributed by atoms with van der Waals surface area (Å²) in [5.74, 6) is -0.197. The molecule has 0 radical (unpaired) electrons. The van der Waals surface area contributed by atoms with E-state index in [1.807, 2.05) is 0 Å². The maximum Gasteiger partial charge on any atom is 0.453 e. The van der Waals surface area contributed by atoms with E-state index in [1.54, 1.807) is 7.11 Å². The fraction of sp³-hybridized carbons (Fsp3) is 0.758. The molecule has 8 heteroatoms. The average molecular weight is 603 g/mol. The molecular formula is C33H47F5O2S. The number of methoxy groups -OCH3 is 1. The van der Waals surface area contributed by atoms with E-state index in [0.29, 0.717) is 29.4 Å². The van der Waals surface area contributed by atoms with Crippen molar-refractivity contribution in [1.82, 2.24) is 0 Å². The number of hydrogen-bond donors (Lipinski definition) is 1. The fourth-order valence-electron chi connectivity index (χ4n) is 7.94. The maximum absolute atomic E-state index is 12.9. The number of aliphatic hydroxyl groups is 1. The number of unbranched alkanes of at least 4 members (excludes halogenated alkanes) is 4. The number of hydrogen-bond acceptors (Lipinski definition) is 3. The largest absolute Gasteiger partial charge is 0.497 e. The summed E-state index contributed by atoms with van der Waals surface area (Å²) in [5.41, 5.74) is 2.97. The van der Waals surface area contributed by atoms with E-state index >= 15 is 0 Å². The number of alkyl halides is 5. The van der Waals surface area contributed by atoms with Crippen molar-refractivity contribution in [3.63, 3.8) is 0 Å². The van der Waals surface area contributed by atoms with Crippen LogP contribution in [0, 0.1) is 23.2 Å². The van der Waals surface area contributed by atoms with Crippen molar-refractivity contribution in [2.75, 3.05) is 18.6 Å². The molecule has 0 aromatic heterocycles. The highest BCUT2D eigenvalue weighted by Gasteiger charge is 2.57. The third kappa shape index (κ3) is 7.63. The normalized spacial score (nSPS) is 29.8. The number of benzene rings is 1. The number of ether oxygens (including phenoxy) is 1. The summed E-state index contributed by atoms with van der Waals surface area (Å²) in [5, 5.41) is 10.9. The van der Waals surface area contributed by atoms with E-state index in [4.69, 9.17) is 4.74 Å². The Hall–Kier alpha value is -1.28. The summed E-state index contributed by atoms with van der Waals surface area (Å²) in [6, 6.07) is 6.62. The van der Waals surface area contributed by atoms with Crippen LogP contribution >= 0.6 is 11.8 Å². The second kappa shape index (κ2) is 14.0. The first-order valence-electron chi connectivity index (χ1n) is 15.5. The molecule has 4 rings (SSSR count). The third-order valence-electron chi connectivity index (χ3n) is 10.3. The van der Waals surface area contributed by atoms with Gasteiger partial charge in [0.25, 0.3) is 0 Å². The lowest BCUT2D eigenvalue weighted by Crippen LogP contribution is -2.47. The predicted molar refractivity (Wildman–Crippen MR) is 157 cm³/mol. The molecule has 2 nitrogen and oxygen atoms in total. The second-order valence-electron chi connectivity index (χ2n) is 12.8. The molecule has 0 saturated heterocycles. The zero-order valence-corrected chi connectivity index (χ0v) is 25.4. The number of aliphatic hydroxyl groups excluding tert-OH is 1. The van der Waals surface area contributed by atoms with Gasteiger partial charge in [-0.15, -0.1) is 0 Å². The lowest BCUT2D eigenvalue weighted by molar-refractivity contribution is -0.284. The molecule has 0 amide bonds. The minimum Gasteiger partial charge on any atom is -0.497 e. The molecule has 0 heterocycles. The van der Waals surface area contributed by atoms with Gasteiger partial charge in [-0.3, -0.25) is 0 Å². The molecular weight excluding hydrogens is 555 g/mol.